The second-order valence-corrected chi connectivity index (χ2v) is 6.72. The molecule has 0 bridgehead atoms. The van der Waals surface area contributed by atoms with Gasteiger partial charge in [0.05, 0.1) is 5.56 Å². The normalized spacial score (nSPS) is 24.4. The number of hydrogen-bond acceptors (Lipinski definition) is 4. The third-order valence-electron chi connectivity index (χ3n) is 5.02. The van der Waals surface area contributed by atoms with E-state index in [9.17, 15) is 9.59 Å². The summed E-state index contributed by atoms with van der Waals surface area (Å²) in [6.45, 7) is 1.43. The van der Waals surface area contributed by atoms with E-state index in [-0.39, 0.29) is 11.8 Å². The third-order valence-corrected chi connectivity index (χ3v) is 5.02. The second kappa shape index (κ2) is 5.83. The number of rotatable bonds is 2. The van der Waals surface area contributed by atoms with Crippen LogP contribution < -0.4 is 4.90 Å². The van der Waals surface area contributed by atoms with E-state index in [4.69, 9.17) is 0 Å². The van der Waals surface area contributed by atoms with Crippen molar-refractivity contribution < 1.29 is 9.59 Å². The molecule has 3 rings (SSSR count). The lowest BCUT2D eigenvalue weighted by molar-refractivity contribution is -0.144. The van der Waals surface area contributed by atoms with Gasteiger partial charge >= 0.3 is 0 Å². The molecule has 1 spiro atoms. The first kappa shape index (κ1) is 15.8. The molecule has 2 amide bonds. The van der Waals surface area contributed by atoms with Crippen LogP contribution in [0.5, 0.6) is 0 Å². The summed E-state index contributed by atoms with van der Waals surface area (Å²) < 4.78 is 0. The summed E-state index contributed by atoms with van der Waals surface area (Å²) in [4.78, 5) is 35.5. The van der Waals surface area contributed by atoms with Crippen molar-refractivity contribution in [3.05, 3.63) is 23.9 Å². The molecular weight excluding hydrogens is 292 g/mol. The lowest BCUT2D eigenvalue weighted by Crippen LogP contribution is -2.60. The molecule has 1 unspecified atom stereocenters. The van der Waals surface area contributed by atoms with Crippen molar-refractivity contribution in [1.29, 1.82) is 0 Å². The average molecular weight is 316 g/mol. The number of carbonyl (C=O) groups is 2. The average Bonchev–Trinajstić information content (AvgIpc) is 2.96. The number of nitrogens with zero attached hydrogens (tertiary/aromatic N) is 4. The van der Waals surface area contributed by atoms with E-state index in [1.54, 1.807) is 22.1 Å². The first-order valence-corrected chi connectivity index (χ1v) is 8.17. The standard InChI is InChI=1S/C17H24N4O2/c1-19(2)14-7-6-13(12-18-14)15(22)21-11-5-9-17(21)8-4-10-20(3)16(17)23/h6-7,12H,4-5,8-11H2,1-3H3. The van der Waals surface area contributed by atoms with Gasteiger partial charge in [0.25, 0.3) is 5.91 Å². The number of aromatic nitrogens is 1. The van der Waals surface area contributed by atoms with Crippen molar-refractivity contribution in [2.45, 2.75) is 31.2 Å². The smallest absolute Gasteiger partial charge is 0.256 e. The number of hydrogen-bond donors (Lipinski definition) is 0. The molecule has 0 aliphatic carbocycles. The van der Waals surface area contributed by atoms with E-state index in [0.717, 1.165) is 38.0 Å². The minimum atomic E-state index is -0.635. The quantitative estimate of drug-likeness (QED) is 0.827. The van der Waals surface area contributed by atoms with Gasteiger partial charge in [-0.2, -0.15) is 0 Å². The maximum Gasteiger partial charge on any atom is 0.256 e. The lowest BCUT2D eigenvalue weighted by Gasteiger charge is -2.43. The molecule has 3 heterocycles. The molecule has 6 nitrogen and oxygen atoms in total. The molecule has 0 radical (unpaired) electrons. The Morgan fingerprint density at radius 2 is 1.91 bits per heavy atom. The van der Waals surface area contributed by atoms with E-state index in [2.05, 4.69) is 4.98 Å². The van der Waals surface area contributed by atoms with E-state index >= 15 is 0 Å². The summed E-state index contributed by atoms with van der Waals surface area (Å²) >= 11 is 0. The summed E-state index contributed by atoms with van der Waals surface area (Å²) in [5.41, 5.74) is -0.0810. The zero-order chi connectivity index (χ0) is 16.6. The molecule has 1 atom stereocenters. The Kier molecular flexibility index (Phi) is 4.00. The molecule has 124 valence electrons. The van der Waals surface area contributed by atoms with Crippen LogP contribution in [0, 0.1) is 0 Å². The van der Waals surface area contributed by atoms with Crippen molar-refractivity contribution in [2.24, 2.45) is 0 Å². The van der Waals surface area contributed by atoms with Crippen molar-refractivity contribution in [1.82, 2.24) is 14.8 Å². The number of anilines is 1. The van der Waals surface area contributed by atoms with Crippen LogP contribution >= 0.6 is 0 Å². The Balaban J connectivity index is 1.87. The summed E-state index contributed by atoms with van der Waals surface area (Å²) in [5, 5.41) is 0. The Bertz CT molecular complexity index is 614. The van der Waals surface area contributed by atoms with Gasteiger partial charge in [-0.05, 0) is 37.8 Å². The molecule has 0 N–H and O–H groups in total. The first-order chi connectivity index (χ1) is 11.0. The van der Waals surface area contributed by atoms with Crippen LogP contribution in [-0.4, -0.2) is 66.4 Å². The molecule has 2 aliphatic rings. The van der Waals surface area contributed by atoms with Gasteiger partial charge in [-0.15, -0.1) is 0 Å². The lowest BCUT2D eigenvalue weighted by atomic mass is 9.85. The molecule has 0 aromatic carbocycles. The van der Waals surface area contributed by atoms with Gasteiger partial charge in [-0.1, -0.05) is 0 Å². The summed E-state index contributed by atoms with van der Waals surface area (Å²) in [5.74, 6) is 0.822. The van der Waals surface area contributed by atoms with Gasteiger partial charge in [0.2, 0.25) is 5.91 Å². The molecule has 1 aromatic heterocycles. The fourth-order valence-corrected chi connectivity index (χ4v) is 3.76. The third kappa shape index (κ3) is 2.56. The van der Waals surface area contributed by atoms with Crippen molar-refractivity contribution in [3.63, 3.8) is 0 Å². The monoisotopic (exact) mass is 316 g/mol. The predicted molar refractivity (Wildman–Crippen MR) is 88.4 cm³/mol. The number of likely N-dealkylation sites (N-methyl/N-ethyl adjacent to an activating group) is 1. The summed E-state index contributed by atoms with van der Waals surface area (Å²) in [6, 6.07) is 3.64. The first-order valence-electron chi connectivity index (χ1n) is 8.17. The molecule has 6 heteroatoms. The fraction of sp³-hybridized carbons (Fsp3) is 0.588. The maximum atomic E-state index is 13.0. The van der Waals surface area contributed by atoms with Crippen molar-refractivity contribution in [3.8, 4) is 0 Å². The van der Waals surface area contributed by atoms with Crippen molar-refractivity contribution in [2.75, 3.05) is 39.1 Å². The molecular formula is C17H24N4O2. The number of pyridine rings is 1. The van der Waals surface area contributed by atoms with E-state index in [1.807, 2.05) is 32.1 Å². The minimum absolute atomic E-state index is 0.0797. The van der Waals surface area contributed by atoms with Gasteiger partial charge in [0.15, 0.2) is 0 Å². The highest BCUT2D eigenvalue weighted by molar-refractivity contribution is 5.99. The maximum absolute atomic E-state index is 13.0. The zero-order valence-electron chi connectivity index (χ0n) is 14.1. The van der Waals surface area contributed by atoms with Gasteiger partial charge in [-0.25, -0.2) is 4.98 Å². The van der Waals surface area contributed by atoms with Crippen LogP contribution in [0.1, 0.15) is 36.0 Å². The largest absolute Gasteiger partial charge is 0.363 e. The van der Waals surface area contributed by atoms with Crippen molar-refractivity contribution >= 4 is 17.6 Å². The molecule has 2 fully saturated rings. The Labute approximate surface area is 137 Å². The van der Waals surface area contributed by atoms with Gasteiger partial charge < -0.3 is 14.7 Å². The molecule has 1 aromatic rings. The number of amides is 2. The van der Waals surface area contributed by atoms with Crippen LogP contribution in [0.3, 0.4) is 0 Å². The summed E-state index contributed by atoms with van der Waals surface area (Å²) in [7, 11) is 5.66. The van der Waals surface area contributed by atoms with Crippen LogP contribution in [0.15, 0.2) is 18.3 Å². The van der Waals surface area contributed by atoms with E-state index in [0.29, 0.717) is 12.1 Å². The number of piperidine rings is 1. The van der Waals surface area contributed by atoms with E-state index in [1.165, 1.54) is 0 Å². The fourth-order valence-electron chi connectivity index (χ4n) is 3.76. The van der Waals surface area contributed by atoms with Crippen LogP contribution in [-0.2, 0) is 4.79 Å². The zero-order valence-corrected chi connectivity index (χ0v) is 14.1. The van der Waals surface area contributed by atoms with Gasteiger partial charge in [0, 0.05) is 40.4 Å². The highest BCUT2D eigenvalue weighted by Gasteiger charge is 2.52. The molecule has 2 saturated heterocycles. The predicted octanol–water partition coefficient (Wildman–Crippen LogP) is 1.37. The van der Waals surface area contributed by atoms with Gasteiger partial charge in [-0.3, -0.25) is 9.59 Å². The Morgan fingerprint density at radius 1 is 1.22 bits per heavy atom. The number of likely N-dealkylation sites (tertiary alicyclic amines) is 2. The highest BCUT2D eigenvalue weighted by atomic mass is 16.2. The topological polar surface area (TPSA) is 56.8 Å². The van der Waals surface area contributed by atoms with E-state index < -0.39 is 5.54 Å². The van der Waals surface area contributed by atoms with Crippen LogP contribution in [0.4, 0.5) is 5.82 Å². The Morgan fingerprint density at radius 3 is 2.52 bits per heavy atom. The second-order valence-electron chi connectivity index (χ2n) is 6.72. The Hall–Kier alpha value is -2.11. The molecule has 23 heavy (non-hydrogen) atoms. The van der Waals surface area contributed by atoms with Gasteiger partial charge in [0.1, 0.15) is 11.4 Å². The summed E-state index contributed by atoms with van der Waals surface area (Å²) in [6.07, 6.45) is 4.98. The minimum Gasteiger partial charge on any atom is -0.363 e. The highest BCUT2D eigenvalue weighted by Crippen LogP contribution is 2.38. The molecule has 2 aliphatic heterocycles. The SMILES string of the molecule is CN1CCCC2(CCCN2C(=O)c2ccc(N(C)C)nc2)C1=O. The van der Waals surface area contributed by atoms with Crippen LogP contribution in [0.2, 0.25) is 0 Å². The molecule has 0 saturated carbocycles. The number of carbonyl (C=O) groups excluding carboxylic acids is 2. The van der Waals surface area contributed by atoms with Crippen LogP contribution in [0.25, 0.3) is 0 Å².